The maximum absolute atomic E-state index is 13.1. The second-order valence-electron chi connectivity index (χ2n) is 7.30. The molecule has 1 saturated heterocycles. The van der Waals surface area contributed by atoms with E-state index in [0.29, 0.717) is 6.04 Å². The van der Waals surface area contributed by atoms with Gasteiger partial charge in [-0.25, -0.2) is 4.98 Å². The van der Waals surface area contributed by atoms with Crippen molar-refractivity contribution in [3.63, 3.8) is 0 Å². The van der Waals surface area contributed by atoms with Crippen molar-refractivity contribution in [3.8, 4) is 10.6 Å². The highest BCUT2D eigenvalue weighted by atomic mass is 32.1. The summed E-state index contributed by atoms with van der Waals surface area (Å²) in [6.45, 7) is 5.53. The molecule has 1 amide bonds. The van der Waals surface area contributed by atoms with E-state index >= 15 is 0 Å². The number of thiazole rings is 1. The fourth-order valence-corrected chi connectivity index (χ4v) is 4.60. The Balaban J connectivity index is 1.40. The standard InChI is InChI=1S/C22H25N5OS/c1-3-16-6-8-17(9-7-16)21-24-15(2)20(29-21)22(28)27-13-10-18(11-14-27)25-19-5-4-12-23-26-19/h4-9,12,18H,3,10-11,13-14H2,1-2H3,(H,25,26). The molecule has 7 heteroatoms. The highest BCUT2D eigenvalue weighted by molar-refractivity contribution is 7.17. The number of hydrogen-bond acceptors (Lipinski definition) is 6. The van der Waals surface area contributed by atoms with Crippen molar-refractivity contribution in [2.45, 2.75) is 39.2 Å². The molecule has 1 fully saturated rings. The van der Waals surface area contributed by atoms with Gasteiger partial charge in [-0.15, -0.1) is 16.4 Å². The fourth-order valence-electron chi connectivity index (χ4n) is 3.56. The van der Waals surface area contributed by atoms with Gasteiger partial charge in [-0.05, 0) is 43.9 Å². The number of aryl methyl sites for hydroxylation is 2. The Labute approximate surface area is 175 Å². The number of rotatable bonds is 5. The zero-order chi connectivity index (χ0) is 20.2. The Morgan fingerprint density at radius 1 is 1.21 bits per heavy atom. The number of anilines is 1. The first-order valence-corrected chi connectivity index (χ1v) is 10.9. The van der Waals surface area contributed by atoms with Gasteiger partial charge in [-0.2, -0.15) is 5.10 Å². The topological polar surface area (TPSA) is 71.0 Å². The summed E-state index contributed by atoms with van der Waals surface area (Å²) in [5, 5.41) is 12.3. The van der Waals surface area contributed by atoms with Crippen LogP contribution in [0.15, 0.2) is 42.6 Å². The van der Waals surface area contributed by atoms with Crippen LogP contribution in [0.3, 0.4) is 0 Å². The number of piperidine rings is 1. The smallest absolute Gasteiger partial charge is 0.265 e. The summed E-state index contributed by atoms with van der Waals surface area (Å²) in [5.41, 5.74) is 3.19. The third-order valence-corrected chi connectivity index (χ3v) is 6.50. The van der Waals surface area contributed by atoms with E-state index in [0.717, 1.165) is 59.3 Å². The number of carbonyl (C=O) groups excluding carboxylic acids is 1. The van der Waals surface area contributed by atoms with Crippen LogP contribution in [0.25, 0.3) is 10.6 Å². The van der Waals surface area contributed by atoms with Gasteiger partial charge in [0.15, 0.2) is 0 Å². The lowest BCUT2D eigenvalue weighted by molar-refractivity contribution is 0.0722. The van der Waals surface area contributed by atoms with Crippen molar-refractivity contribution in [1.29, 1.82) is 0 Å². The summed E-state index contributed by atoms with van der Waals surface area (Å²) in [5.74, 6) is 0.878. The number of aromatic nitrogens is 3. The zero-order valence-electron chi connectivity index (χ0n) is 16.8. The molecule has 3 heterocycles. The summed E-state index contributed by atoms with van der Waals surface area (Å²) in [4.78, 5) is 20.4. The number of hydrogen-bond donors (Lipinski definition) is 1. The summed E-state index contributed by atoms with van der Waals surface area (Å²) < 4.78 is 0. The van der Waals surface area contributed by atoms with Crippen LogP contribution in [0, 0.1) is 6.92 Å². The predicted octanol–water partition coefficient (Wildman–Crippen LogP) is 4.19. The third-order valence-electron chi connectivity index (χ3n) is 5.31. The van der Waals surface area contributed by atoms with Crippen LogP contribution in [0.1, 0.15) is 40.7 Å². The Hall–Kier alpha value is -2.80. The Bertz CT molecular complexity index is 963. The lowest BCUT2D eigenvalue weighted by atomic mass is 10.0. The zero-order valence-corrected chi connectivity index (χ0v) is 17.6. The van der Waals surface area contributed by atoms with Crippen molar-refractivity contribution in [2.24, 2.45) is 0 Å². The van der Waals surface area contributed by atoms with Gasteiger partial charge in [0, 0.05) is 30.9 Å². The van der Waals surface area contributed by atoms with Gasteiger partial charge in [0.25, 0.3) is 5.91 Å². The molecule has 0 spiro atoms. The molecule has 6 nitrogen and oxygen atoms in total. The van der Waals surface area contributed by atoms with Gasteiger partial charge >= 0.3 is 0 Å². The van der Waals surface area contributed by atoms with Crippen molar-refractivity contribution >= 4 is 23.1 Å². The molecule has 0 unspecified atom stereocenters. The first-order chi connectivity index (χ1) is 14.1. The van der Waals surface area contributed by atoms with Gasteiger partial charge in [0.2, 0.25) is 0 Å². The molecule has 2 aromatic heterocycles. The average Bonchev–Trinajstić information content (AvgIpc) is 3.16. The fraction of sp³-hybridized carbons (Fsp3) is 0.364. The Morgan fingerprint density at radius 2 is 1.97 bits per heavy atom. The maximum Gasteiger partial charge on any atom is 0.265 e. The lowest BCUT2D eigenvalue weighted by Crippen LogP contribution is -2.42. The summed E-state index contributed by atoms with van der Waals surface area (Å²) in [6.07, 6.45) is 4.47. The number of benzene rings is 1. The largest absolute Gasteiger partial charge is 0.366 e. The van der Waals surface area contributed by atoms with Crippen molar-refractivity contribution in [1.82, 2.24) is 20.1 Å². The molecule has 1 aliphatic heterocycles. The molecule has 3 aromatic rings. The van der Waals surface area contributed by atoms with Crippen molar-refractivity contribution in [2.75, 3.05) is 18.4 Å². The molecule has 0 atom stereocenters. The van der Waals surface area contributed by atoms with E-state index in [-0.39, 0.29) is 5.91 Å². The van der Waals surface area contributed by atoms with E-state index in [4.69, 9.17) is 0 Å². The second-order valence-corrected chi connectivity index (χ2v) is 8.30. The Kier molecular flexibility index (Phi) is 5.85. The number of likely N-dealkylation sites (tertiary alicyclic amines) is 1. The summed E-state index contributed by atoms with van der Waals surface area (Å²) in [6, 6.07) is 12.5. The molecular weight excluding hydrogens is 382 g/mol. The van der Waals surface area contributed by atoms with Gasteiger partial charge in [0.1, 0.15) is 15.7 Å². The van der Waals surface area contributed by atoms with Crippen LogP contribution < -0.4 is 5.32 Å². The minimum atomic E-state index is 0.0920. The molecule has 0 radical (unpaired) electrons. The van der Waals surface area contributed by atoms with Crippen molar-refractivity contribution in [3.05, 3.63) is 58.7 Å². The molecule has 1 aromatic carbocycles. The summed E-state index contributed by atoms with van der Waals surface area (Å²) >= 11 is 1.50. The molecule has 1 aliphatic rings. The second kappa shape index (κ2) is 8.69. The molecule has 0 aliphatic carbocycles. The highest BCUT2D eigenvalue weighted by Gasteiger charge is 2.26. The minimum Gasteiger partial charge on any atom is -0.366 e. The van der Waals surface area contributed by atoms with Gasteiger partial charge in [0.05, 0.1) is 5.69 Å². The minimum absolute atomic E-state index is 0.0920. The van der Waals surface area contributed by atoms with Crippen molar-refractivity contribution < 1.29 is 4.79 Å². The number of amides is 1. The predicted molar refractivity (Wildman–Crippen MR) is 116 cm³/mol. The maximum atomic E-state index is 13.1. The highest BCUT2D eigenvalue weighted by Crippen LogP contribution is 2.30. The average molecular weight is 408 g/mol. The molecule has 1 N–H and O–H groups in total. The molecular formula is C22H25N5OS. The molecule has 29 heavy (non-hydrogen) atoms. The van der Waals surface area contributed by atoms with E-state index in [1.54, 1.807) is 6.20 Å². The van der Waals surface area contributed by atoms with Crippen LogP contribution in [0.2, 0.25) is 0 Å². The number of carbonyl (C=O) groups is 1. The number of nitrogens with one attached hydrogen (secondary N) is 1. The number of nitrogens with zero attached hydrogens (tertiary/aromatic N) is 4. The Morgan fingerprint density at radius 3 is 2.62 bits per heavy atom. The first kappa shape index (κ1) is 19.5. The van der Waals surface area contributed by atoms with E-state index in [9.17, 15) is 4.79 Å². The molecule has 0 bridgehead atoms. The van der Waals surface area contributed by atoms with E-state index in [2.05, 4.69) is 51.7 Å². The SMILES string of the molecule is CCc1ccc(-c2nc(C)c(C(=O)N3CCC(Nc4cccnn4)CC3)s2)cc1. The first-order valence-electron chi connectivity index (χ1n) is 10.0. The molecule has 4 rings (SSSR count). The quantitative estimate of drug-likeness (QED) is 0.687. The van der Waals surface area contributed by atoms with Crippen LogP contribution in [0.5, 0.6) is 0 Å². The van der Waals surface area contributed by atoms with Crippen LogP contribution in [-0.4, -0.2) is 45.1 Å². The summed E-state index contributed by atoms with van der Waals surface area (Å²) in [7, 11) is 0. The van der Waals surface area contributed by atoms with Crippen LogP contribution >= 0.6 is 11.3 Å². The third kappa shape index (κ3) is 4.45. The van der Waals surface area contributed by atoms with E-state index < -0.39 is 0 Å². The normalized spacial score (nSPS) is 14.8. The van der Waals surface area contributed by atoms with Crippen LogP contribution in [-0.2, 0) is 6.42 Å². The van der Waals surface area contributed by atoms with Crippen LogP contribution in [0.4, 0.5) is 5.82 Å². The van der Waals surface area contributed by atoms with Gasteiger partial charge in [-0.1, -0.05) is 31.2 Å². The van der Waals surface area contributed by atoms with Gasteiger partial charge < -0.3 is 10.2 Å². The molecule has 150 valence electrons. The lowest BCUT2D eigenvalue weighted by Gasteiger charge is -2.32. The van der Waals surface area contributed by atoms with Gasteiger partial charge in [-0.3, -0.25) is 4.79 Å². The van der Waals surface area contributed by atoms with E-state index in [1.807, 2.05) is 24.0 Å². The van der Waals surface area contributed by atoms with E-state index in [1.165, 1.54) is 16.9 Å². The monoisotopic (exact) mass is 407 g/mol. The molecule has 0 saturated carbocycles.